The molecular weight excluding hydrogens is 384 g/mol. The van der Waals surface area contributed by atoms with E-state index in [4.69, 9.17) is 28.4 Å². The topological polar surface area (TPSA) is 55.4 Å². The fourth-order valence-corrected chi connectivity index (χ4v) is 6.74. The third-order valence-electron chi connectivity index (χ3n) is 8.36. The summed E-state index contributed by atoms with van der Waals surface area (Å²) in [6.45, 7) is 1.19. The van der Waals surface area contributed by atoms with Crippen LogP contribution in [0.25, 0.3) is 0 Å². The Kier molecular flexibility index (Phi) is 5.41. The van der Waals surface area contributed by atoms with Gasteiger partial charge < -0.3 is 28.4 Å². The molecule has 6 heteroatoms. The first-order valence-corrected chi connectivity index (χ1v) is 12.7. The molecule has 3 saturated heterocycles. The Morgan fingerprint density at radius 1 is 0.400 bits per heavy atom. The summed E-state index contributed by atoms with van der Waals surface area (Å²) in [6.07, 6.45) is 16.4. The molecule has 0 radical (unpaired) electrons. The first kappa shape index (κ1) is 20.4. The van der Waals surface area contributed by atoms with Crippen molar-refractivity contribution in [2.45, 2.75) is 138 Å². The molecule has 3 saturated carbocycles. The van der Waals surface area contributed by atoms with Crippen molar-refractivity contribution in [3.63, 3.8) is 0 Å². The van der Waals surface area contributed by atoms with Gasteiger partial charge >= 0.3 is 0 Å². The fourth-order valence-electron chi connectivity index (χ4n) is 6.74. The number of hydrogen-bond donors (Lipinski definition) is 0. The van der Waals surface area contributed by atoms with E-state index in [-0.39, 0.29) is 24.4 Å². The minimum Gasteiger partial charge on any atom is -0.347 e. The van der Waals surface area contributed by atoms with Crippen LogP contribution in [0.5, 0.6) is 0 Å². The largest absolute Gasteiger partial charge is 0.347 e. The van der Waals surface area contributed by atoms with Gasteiger partial charge in [-0.3, -0.25) is 0 Å². The van der Waals surface area contributed by atoms with E-state index in [1.807, 2.05) is 0 Å². The summed E-state index contributed by atoms with van der Waals surface area (Å²) in [5.41, 5.74) is 0. The summed E-state index contributed by atoms with van der Waals surface area (Å²) in [5, 5.41) is 0. The van der Waals surface area contributed by atoms with Gasteiger partial charge in [-0.05, 0) is 38.5 Å². The molecule has 3 heterocycles. The van der Waals surface area contributed by atoms with Crippen LogP contribution in [-0.4, -0.2) is 55.0 Å². The normalized spacial score (nSPS) is 42.4. The van der Waals surface area contributed by atoms with Gasteiger partial charge in [-0.2, -0.15) is 0 Å². The van der Waals surface area contributed by atoms with Crippen LogP contribution in [0.4, 0.5) is 0 Å². The molecule has 4 atom stereocenters. The van der Waals surface area contributed by atoms with Crippen molar-refractivity contribution < 1.29 is 28.4 Å². The standard InChI is InChI=1S/C24H38O6/c1-4-10-22(11-5-1)25-16-18(27-22)20-21(30-24(29-20)14-8-3-9-15-24)19-17-26-23(28-19)12-6-2-7-13-23/h18-21H,1-17H2/t18-,19-,20+,21+/m1/s1. The smallest absolute Gasteiger partial charge is 0.169 e. The van der Waals surface area contributed by atoms with Crippen LogP contribution < -0.4 is 0 Å². The Morgan fingerprint density at radius 2 is 0.767 bits per heavy atom. The summed E-state index contributed by atoms with van der Waals surface area (Å²) >= 11 is 0. The molecule has 0 aromatic heterocycles. The molecule has 30 heavy (non-hydrogen) atoms. The molecule has 6 rings (SSSR count). The van der Waals surface area contributed by atoms with E-state index >= 15 is 0 Å². The van der Waals surface area contributed by atoms with Gasteiger partial charge in [0.15, 0.2) is 17.4 Å². The highest BCUT2D eigenvalue weighted by Crippen LogP contribution is 2.48. The third-order valence-corrected chi connectivity index (χ3v) is 8.36. The third kappa shape index (κ3) is 3.65. The van der Waals surface area contributed by atoms with Gasteiger partial charge in [0.05, 0.1) is 13.2 Å². The van der Waals surface area contributed by atoms with Crippen LogP contribution in [0.15, 0.2) is 0 Å². The number of rotatable bonds is 2. The number of ether oxygens (including phenoxy) is 6. The van der Waals surface area contributed by atoms with Gasteiger partial charge in [0.1, 0.15) is 24.4 Å². The van der Waals surface area contributed by atoms with Crippen LogP contribution in [0, 0.1) is 0 Å². The predicted octanol–water partition coefficient (Wildman–Crippen LogP) is 4.58. The van der Waals surface area contributed by atoms with Crippen LogP contribution in [0.2, 0.25) is 0 Å². The second-order valence-corrected chi connectivity index (χ2v) is 10.5. The lowest BCUT2D eigenvalue weighted by Crippen LogP contribution is -2.46. The van der Waals surface area contributed by atoms with Crippen LogP contribution in [-0.2, 0) is 28.4 Å². The van der Waals surface area contributed by atoms with Gasteiger partial charge in [-0.15, -0.1) is 0 Å². The van der Waals surface area contributed by atoms with Gasteiger partial charge in [0.2, 0.25) is 0 Å². The summed E-state index contributed by atoms with van der Waals surface area (Å²) in [6, 6.07) is 0. The molecule has 3 aliphatic carbocycles. The predicted molar refractivity (Wildman–Crippen MR) is 109 cm³/mol. The maximum absolute atomic E-state index is 6.75. The quantitative estimate of drug-likeness (QED) is 0.649. The van der Waals surface area contributed by atoms with Gasteiger partial charge in [0.25, 0.3) is 0 Å². The minimum absolute atomic E-state index is 0.0825. The second-order valence-electron chi connectivity index (χ2n) is 10.5. The molecule has 0 bridgehead atoms. The van der Waals surface area contributed by atoms with E-state index in [1.165, 1.54) is 44.9 Å². The lowest BCUT2D eigenvalue weighted by Gasteiger charge is -2.34. The van der Waals surface area contributed by atoms with Crippen molar-refractivity contribution in [2.75, 3.05) is 13.2 Å². The molecular formula is C24H38O6. The molecule has 0 aromatic rings. The Labute approximate surface area is 180 Å². The van der Waals surface area contributed by atoms with Crippen molar-refractivity contribution >= 4 is 0 Å². The monoisotopic (exact) mass is 422 g/mol. The van der Waals surface area contributed by atoms with E-state index in [0.29, 0.717) is 13.2 Å². The Balaban J connectivity index is 1.21. The molecule has 170 valence electrons. The lowest BCUT2D eigenvalue weighted by molar-refractivity contribution is -0.221. The zero-order chi connectivity index (χ0) is 20.1. The first-order valence-electron chi connectivity index (χ1n) is 12.7. The Hall–Kier alpha value is -0.240. The Morgan fingerprint density at radius 3 is 1.17 bits per heavy atom. The van der Waals surface area contributed by atoms with Crippen LogP contribution in [0.1, 0.15) is 96.3 Å². The number of hydrogen-bond acceptors (Lipinski definition) is 6. The second kappa shape index (κ2) is 7.96. The van der Waals surface area contributed by atoms with Gasteiger partial charge in [0, 0.05) is 38.5 Å². The van der Waals surface area contributed by atoms with Crippen molar-refractivity contribution in [3.8, 4) is 0 Å². The van der Waals surface area contributed by atoms with E-state index in [0.717, 1.165) is 51.4 Å². The van der Waals surface area contributed by atoms with E-state index in [1.54, 1.807) is 0 Å². The SMILES string of the molecule is C1CCC2(CC1)O[C@@H]([C@H]1COC3(CCCCC3)O1)[C@H]([C@H]1COC3(CCCCC3)O1)O2. The molecule has 3 spiro atoms. The lowest BCUT2D eigenvalue weighted by atomic mass is 9.94. The molecule has 0 N–H and O–H groups in total. The van der Waals surface area contributed by atoms with E-state index < -0.39 is 17.4 Å². The first-order chi connectivity index (χ1) is 14.7. The zero-order valence-electron chi connectivity index (χ0n) is 18.3. The molecule has 6 nitrogen and oxygen atoms in total. The molecule has 6 fully saturated rings. The fraction of sp³-hybridized carbons (Fsp3) is 1.00. The highest BCUT2D eigenvalue weighted by Gasteiger charge is 2.59. The average molecular weight is 423 g/mol. The molecule has 0 aromatic carbocycles. The maximum Gasteiger partial charge on any atom is 0.169 e. The highest BCUT2D eigenvalue weighted by atomic mass is 16.8. The van der Waals surface area contributed by atoms with Gasteiger partial charge in [-0.1, -0.05) is 19.3 Å². The summed E-state index contributed by atoms with van der Waals surface area (Å²) < 4.78 is 39.3. The van der Waals surface area contributed by atoms with Gasteiger partial charge in [-0.25, -0.2) is 0 Å². The van der Waals surface area contributed by atoms with Crippen LogP contribution in [0.3, 0.4) is 0 Å². The molecule has 6 aliphatic rings. The van der Waals surface area contributed by atoms with Crippen molar-refractivity contribution in [1.82, 2.24) is 0 Å². The van der Waals surface area contributed by atoms with Crippen molar-refractivity contribution in [2.24, 2.45) is 0 Å². The van der Waals surface area contributed by atoms with E-state index in [9.17, 15) is 0 Å². The minimum atomic E-state index is -0.467. The highest BCUT2D eigenvalue weighted by molar-refractivity contribution is 5.00. The molecule has 3 aliphatic heterocycles. The Bertz CT molecular complexity index is 559. The van der Waals surface area contributed by atoms with E-state index in [2.05, 4.69) is 0 Å². The van der Waals surface area contributed by atoms with Crippen molar-refractivity contribution in [1.29, 1.82) is 0 Å². The summed E-state index contributed by atoms with van der Waals surface area (Å²) in [7, 11) is 0. The molecule has 0 amide bonds. The molecule has 0 unspecified atom stereocenters. The average Bonchev–Trinajstić information content (AvgIpc) is 3.47. The summed E-state index contributed by atoms with van der Waals surface area (Å²) in [4.78, 5) is 0. The van der Waals surface area contributed by atoms with Crippen LogP contribution >= 0.6 is 0 Å². The summed E-state index contributed by atoms with van der Waals surface area (Å²) in [5.74, 6) is -1.25. The zero-order valence-corrected chi connectivity index (χ0v) is 18.3. The maximum atomic E-state index is 6.75. The van der Waals surface area contributed by atoms with Crippen molar-refractivity contribution in [3.05, 3.63) is 0 Å².